The quantitative estimate of drug-likeness (QED) is 0.497. The first-order chi connectivity index (χ1) is 7.61. The molecule has 2 fully saturated rings. The van der Waals surface area contributed by atoms with E-state index in [2.05, 4.69) is 0 Å². The Hall–Kier alpha value is -1.19. The molecular weight excluding hydrogens is 208 g/mol. The molecule has 0 unspecified atom stereocenters. The Kier molecular flexibility index (Phi) is 2.82. The lowest BCUT2D eigenvalue weighted by Crippen LogP contribution is -2.41. The highest BCUT2D eigenvalue weighted by atomic mass is 16.5. The summed E-state index contributed by atoms with van der Waals surface area (Å²) in [6, 6.07) is 0. The van der Waals surface area contributed by atoms with Gasteiger partial charge in [0.2, 0.25) is 0 Å². The highest BCUT2D eigenvalue weighted by molar-refractivity contribution is 6.06. The van der Waals surface area contributed by atoms with Gasteiger partial charge in [0.15, 0.2) is 0 Å². The van der Waals surface area contributed by atoms with Crippen molar-refractivity contribution < 1.29 is 19.1 Å². The SMILES string of the molecule is COC(=O)[C@@]12CCC(=O)CC[C@@H]1CCC2=O. The number of esters is 1. The number of ketones is 2. The Bertz CT molecular complexity index is 347. The Balaban J connectivity index is 2.36. The predicted molar refractivity (Wildman–Crippen MR) is 55.7 cm³/mol. The molecule has 2 aliphatic rings. The van der Waals surface area contributed by atoms with Crippen LogP contribution in [-0.4, -0.2) is 24.6 Å². The minimum atomic E-state index is -0.999. The molecule has 0 aliphatic heterocycles. The van der Waals surface area contributed by atoms with Crippen LogP contribution in [-0.2, 0) is 19.1 Å². The summed E-state index contributed by atoms with van der Waals surface area (Å²) in [7, 11) is 1.31. The van der Waals surface area contributed by atoms with Crippen molar-refractivity contribution in [3.05, 3.63) is 0 Å². The maximum Gasteiger partial charge on any atom is 0.319 e. The van der Waals surface area contributed by atoms with Gasteiger partial charge in [-0.15, -0.1) is 0 Å². The molecule has 4 heteroatoms. The van der Waals surface area contributed by atoms with E-state index in [9.17, 15) is 14.4 Å². The van der Waals surface area contributed by atoms with Crippen LogP contribution in [0.2, 0.25) is 0 Å². The van der Waals surface area contributed by atoms with Gasteiger partial charge in [-0.3, -0.25) is 14.4 Å². The maximum atomic E-state index is 12.0. The topological polar surface area (TPSA) is 60.4 Å². The van der Waals surface area contributed by atoms with Crippen LogP contribution in [0.25, 0.3) is 0 Å². The van der Waals surface area contributed by atoms with E-state index in [0.717, 1.165) is 6.42 Å². The van der Waals surface area contributed by atoms with E-state index in [-0.39, 0.29) is 17.5 Å². The molecule has 0 N–H and O–H groups in total. The number of hydrogen-bond donors (Lipinski definition) is 0. The predicted octanol–water partition coefficient (Wildman–Crippen LogP) is 1.27. The second-order valence-corrected chi connectivity index (χ2v) is 4.70. The summed E-state index contributed by atoms with van der Waals surface area (Å²) in [5.41, 5.74) is -0.999. The zero-order valence-electron chi connectivity index (χ0n) is 9.45. The summed E-state index contributed by atoms with van der Waals surface area (Å²) >= 11 is 0. The Morgan fingerprint density at radius 1 is 1.25 bits per heavy atom. The average Bonchev–Trinajstić information content (AvgIpc) is 2.50. The van der Waals surface area contributed by atoms with E-state index in [0.29, 0.717) is 32.1 Å². The van der Waals surface area contributed by atoms with E-state index in [1.54, 1.807) is 0 Å². The monoisotopic (exact) mass is 224 g/mol. The summed E-state index contributed by atoms with van der Waals surface area (Å²) < 4.78 is 4.78. The molecule has 0 aromatic rings. The highest BCUT2D eigenvalue weighted by Gasteiger charge is 2.56. The molecule has 2 rings (SSSR count). The molecule has 0 saturated heterocycles. The van der Waals surface area contributed by atoms with Crippen molar-refractivity contribution in [3.8, 4) is 0 Å². The van der Waals surface area contributed by atoms with E-state index in [4.69, 9.17) is 4.74 Å². The van der Waals surface area contributed by atoms with Gasteiger partial charge >= 0.3 is 5.97 Å². The van der Waals surface area contributed by atoms with Gasteiger partial charge in [-0.2, -0.15) is 0 Å². The standard InChI is InChI=1S/C12H16O4/c1-16-11(15)12-7-6-9(13)4-2-8(12)3-5-10(12)14/h8H,2-7H2,1H3/t8-,12+/m1/s1. The number of carbonyl (C=O) groups is 3. The van der Waals surface area contributed by atoms with Crippen LogP contribution in [0.15, 0.2) is 0 Å². The molecule has 0 radical (unpaired) electrons. The van der Waals surface area contributed by atoms with Crippen LogP contribution in [0.3, 0.4) is 0 Å². The van der Waals surface area contributed by atoms with Crippen LogP contribution in [0.5, 0.6) is 0 Å². The minimum absolute atomic E-state index is 0.0129. The summed E-state index contributed by atoms with van der Waals surface area (Å²) in [6.07, 6.45) is 3.00. The third kappa shape index (κ3) is 1.47. The van der Waals surface area contributed by atoms with E-state index < -0.39 is 11.4 Å². The molecule has 0 bridgehead atoms. The van der Waals surface area contributed by atoms with Crippen molar-refractivity contribution in [1.29, 1.82) is 0 Å². The lowest BCUT2D eigenvalue weighted by atomic mass is 9.73. The first kappa shape index (κ1) is 11.3. The Morgan fingerprint density at radius 3 is 2.62 bits per heavy atom. The zero-order chi connectivity index (χ0) is 11.8. The Morgan fingerprint density at radius 2 is 1.94 bits per heavy atom. The fraction of sp³-hybridized carbons (Fsp3) is 0.750. The van der Waals surface area contributed by atoms with Crippen LogP contribution in [0.1, 0.15) is 38.5 Å². The van der Waals surface area contributed by atoms with Gasteiger partial charge in [0, 0.05) is 19.3 Å². The van der Waals surface area contributed by atoms with Gasteiger partial charge < -0.3 is 4.74 Å². The maximum absolute atomic E-state index is 12.0. The van der Waals surface area contributed by atoms with Crippen LogP contribution in [0.4, 0.5) is 0 Å². The molecule has 2 atom stereocenters. The van der Waals surface area contributed by atoms with Crippen LogP contribution >= 0.6 is 0 Å². The van der Waals surface area contributed by atoms with Gasteiger partial charge in [-0.05, 0) is 25.2 Å². The molecule has 0 spiro atoms. The van der Waals surface area contributed by atoms with Gasteiger partial charge in [0.1, 0.15) is 17.0 Å². The van der Waals surface area contributed by atoms with Gasteiger partial charge in [0.25, 0.3) is 0 Å². The second-order valence-electron chi connectivity index (χ2n) is 4.70. The smallest absolute Gasteiger partial charge is 0.319 e. The Labute approximate surface area is 94.3 Å². The number of hydrogen-bond acceptors (Lipinski definition) is 4. The lowest BCUT2D eigenvalue weighted by Gasteiger charge is -2.28. The first-order valence-electron chi connectivity index (χ1n) is 5.74. The summed E-state index contributed by atoms with van der Waals surface area (Å²) in [4.78, 5) is 35.3. The normalized spacial score (nSPS) is 34.4. The lowest BCUT2D eigenvalue weighted by molar-refractivity contribution is -0.159. The fourth-order valence-corrected chi connectivity index (χ4v) is 3.10. The second kappa shape index (κ2) is 4.00. The van der Waals surface area contributed by atoms with E-state index in [1.165, 1.54) is 7.11 Å². The third-order valence-corrected chi connectivity index (χ3v) is 4.03. The molecule has 0 aromatic heterocycles. The molecule has 16 heavy (non-hydrogen) atoms. The fourth-order valence-electron chi connectivity index (χ4n) is 3.10. The van der Waals surface area contributed by atoms with Crippen molar-refractivity contribution in [3.63, 3.8) is 0 Å². The zero-order valence-corrected chi connectivity index (χ0v) is 9.45. The largest absolute Gasteiger partial charge is 0.468 e. The molecule has 4 nitrogen and oxygen atoms in total. The molecule has 0 heterocycles. The highest BCUT2D eigenvalue weighted by Crippen LogP contribution is 2.49. The summed E-state index contributed by atoms with van der Waals surface area (Å²) in [5, 5.41) is 0. The third-order valence-electron chi connectivity index (χ3n) is 4.03. The van der Waals surface area contributed by atoms with Crippen molar-refractivity contribution in [2.75, 3.05) is 7.11 Å². The van der Waals surface area contributed by atoms with Gasteiger partial charge in [0.05, 0.1) is 7.11 Å². The van der Waals surface area contributed by atoms with Crippen molar-refractivity contribution in [2.45, 2.75) is 38.5 Å². The van der Waals surface area contributed by atoms with E-state index >= 15 is 0 Å². The van der Waals surface area contributed by atoms with Crippen LogP contribution < -0.4 is 0 Å². The molecule has 0 aromatic carbocycles. The number of methoxy groups -OCH3 is 1. The summed E-state index contributed by atoms with van der Waals surface area (Å²) in [6.45, 7) is 0. The number of carbonyl (C=O) groups excluding carboxylic acids is 3. The van der Waals surface area contributed by atoms with Gasteiger partial charge in [-0.25, -0.2) is 0 Å². The first-order valence-corrected chi connectivity index (χ1v) is 5.74. The molecule has 88 valence electrons. The van der Waals surface area contributed by atoms with Crippen molar-refractivity contribution >= 4 is 17.5 Å². The van der Waals surface area contributed by atoms with E-state index in [1.807, 2.05) is 0 Å². The number of rotatable bonds is 1. The number of ether oxygens (including phenoxy) is 1. The van der Waals surface area contributed by atoms with Crippen LogP contribution in [0, 0.1) is 11.3 Å². The minimum Gasteiger partial charge on any atom is -0.468 e. The molecule has 2 aliphatic carbocycles. The molecule has 0 amide bonds. The van der Waals surface area contributed by atoms with Crippen molar-refractivity contribution in [2.24, 2.45) is 11.3 Å². The number of fused-ring (bicyclic) bond motifs is 1. The molecule has 2 saturated carbocycles. The average molecular weight is 224 g/mol. The van der Waals surface area contributed by atoms with Gasteiger partial charge in [-0.1, -0.05) is 0 Å². The summed E-state index contributed by atoms with van der Waals surface area (Å²) in [5.74, 6) is -0.293. The number of Topliss-reactive ketones (excluding diaryl/α,β-unsaturated/α-hetero) is 2. The van der Waals surface area contributed by atoms with Crippen molar-refractivity contribution in [1.82, 2.24) is 0 Å². The molecular formula is C12H16O4.